The predicted molar refractivity (Wildman–Crippen MR) is 76.4 cm³/mol. The Bertz CT molecular complexity index is 616. The molecule has 1 aliphatic heterocycles. The summed E-state index contributed by atoms with van der Waals surface area (Å²) < 4.78 is 1.12. The van der Waals surface area contributed by atoms with Gasteiger partial charge in [-0.15, -0.1) is 11.3 Å². The van der Waals surface area contributed by atoms with Gasteiger partial charge in [0.2, 0.25) is 5.91 Å². The van der Waals surface area contributed by atoms with Gasteiger partial charge in [0.1, 0.15) is 12.1 Å². The van der Waals surface area contributed by atoms with Crippen molar-refractivity contribution in [3.8, 4) is 0 Å². The molecule has 0 spiro atoms. The number of anilines is 1. The molecule has 0 atom stereocenters. The Morgan fingerprint density at radius 1 is 1.32 bits per heavy atom. The minimum atomic E-state index is 0.00334. The van der Waals surface area contributed by atoms with Gasteiger partial charge >= 0.3 is 0 Å². The van der Waals surface area contributed by atoms with E-state index in [4.69, 9.17) is 0 Å². The number of hydrogen-bond acceptors (Lipinski definition) is 5. The lowest BCUT2D eigenvalue weighted by molar-refractivity contribution is -0.126. The van der Waals surface area contributed by atoms with Crippen LogP contribution in [-0.2, 0) is 4.79 Å². The quantitative estimate of drug-likeness (QED) is 0.779. The molecule has 0 aromatic carbocycles. The number of rotatable bonds is 2. The normalized spacial score (nSPS) is 15.8. The van der Waals surface area contributed by atoms with E-state index in [1.54, 1.807) is 17.7 Å². The number of thiophene rings is 1. The van der Waals surface area contributed by atoms with Crippen molar-refractivity contribution in [1.29, 1.82) is 0 Å². The summed E-state index contributed by atoms with van der Waals surface area (Å²) in [5.41, 5.74) is 0.986. The number of piperazine rings is 1. The van der Waals surface area contributed by atoms with E-state index in [0.717, 1.165) is 29.1 Å². The Hall–Kier alpha value is -1.95. The molecule has 0 aliphatic carbocycles. The van der Waals surface area contributed by atoms with E-state index >= 15 is 0 Å². The highest BCUT2D eigenvalue weighted by Gasteiger charge is 2.21. The lowest BCUT2D eigenvalue weighted by Crippen LogP contribution is -2.48. The first-order valence-electron chi connectivity index (χ1n) is 6.14. The predicted octanol–water partition coefficient (Wildman–Crippen LogP) is 1.53. The van der Waals surface area contributed by atoms with Crippen LogP contribution in [-0.4, -0.2) is 47.0 Å². The molecule has 6 heteroatoms. The zero-order valence-corrected chi connectivity index (χ0v) is 11.3. The van der Waals surface area contributed by atoms with Crippen LogP contribution in [0.4, 0.5) is 5.82 Å². The molecule has 2 aromatic heterocycles. The van der Waals surface area contributed by atoms with Crippen molar-refractivity contribution in [2.75, 3.05) is 31.1 Å². The van der Waals surface area contributed by atoms with E-state index in [2.05, 4.69) is 21.4 Å². The Kier molecular flexibility index (Phi) is 3.16. The summed E-state index contributed by atoms with van der Waals surface area (Å²) in [6.07, 6.45) is 2.98. The second-order valence-electron chi connectivity index (χ2n) is 4.35. The highest BCUT2D eigenvalue weighted by molar-refractivity contribution is 7.17. The fourth-order valence-electron chi connectivity index (χ4n) is 2.27. The first-order chi connectivity index (χ1) is 9.29. The number of aromatic nitrogens is 2. The summed E-state index contributed by atoms with van der Waals surface area (Å²) in [7, 11) is 0. The summed E-state index contributed by atoms with van der Waals surface area (Å²) >= 11 is 1.66. The van der Waals surface area contributed by atoms with Crippen molar-refractivity contribution >= 4 is 33.3 Å². The summed E-state index contributed by atoms with van der Waals surface area (Å²) in [6.45, 7) is 6.53. The first kappa shape index (κ1) is 12.1. The van der Waals surface area contributed by atoms with Crippen molar-refractivity contribution < 1.29 is 4.79 Å². The van der Waals surface area contributed by atoms with Crippen molar-refractivity contribution in [2.24, 2.45) is 0 Å². The first-order valence-corrected chi connectivity index (χ1v) is 7.02. The van der Waals surface area contributed by atoms with Gasteiger partial charge in [-0.3, -0.25) is 4.79 Å². The van der Waals surface area contributed by atoms with Crippen molar-refractivity contribution in [3.05, 3.63) is 30.4 Å². The topological polar surface area (TPSA) is 49.3 Å². The van der Waals surface area contributed by atoms with E-state index < -0.39 is 0 Å². The van der Waals surface area contributed by atoms with Gasteiger partial charge in [0.05, 0.1) is 10.2 Å². The standard InChI is InChI=1S/C13H14N4OS/c1-2-11(18)16-4-6-17(7-5-16)13-12-10(3-8-19-12)14-9-15-13/h2-3,8-9H,1,4-7H2. The van der Waals surface area contributed by atoms with Gasteiger partial charge in [0.25, 0.3) is 0 Å². The Balaban J connectivity index is 1.80. The van der Waals surface area contributed by atoms with Crippen LogP contribution < -0.4 is 4.90 Å². The van der Waals surface area contributed by atoms with E-state index in [-0.39, 0.29) is 5.91 Å². The monoisotopic (exact) mass is 274 g/mol. The van der Waals surface area contributed by atoms with Crippen LogP contribution in [0.2, 0.25) is 0 Å². The Morgan fingerprint density at radius 3 is 2.84 bits per heavy atom. The molecule has 0 N–H and O–H groups in total. The van der Waals surface area contributed by atoms with Crippen molar-refractivity contribution in [3.63, 3.8) is 0 Å². The van der Waals surface area contributed by atoms with E-state index in [9.17, 15) is 4.79 Å². The summed E-state index contributed by atoms with van der Waals surface area (Å²) in [6, 6.07) is 2.00. The largest absolute Gasteiger partial charge is 0.352 e. The number of carbonyl (C=O) groups is 1. The maximum atomic E-state index is 11.5. The fraction of sp³-hybridized carbons (Fsp3) is 0.308. The SMILES string of the molecule is C=CC(=O)N1CCN(c2ncnc3ccsc23)CC1. The van der Waals surface area contributed by atoms with Gasteiger partial charge in [-0.2, -0.15) is 0 Å². The van der Waals surface area contributed by atoms with Crippen LogP contribution >= 0.6 is 11.3 Å². The molecular formula is C13H14N4OS. The van der Waals surface area contributed by atoms with Crippen molar-refractivity contribution in [1.82, 2.24) is 14.9 Å². The Labute approximate surface area is 115 Å². The smallest absolute Gasteiger partial charge is 0.246 e. The van der Waals surface area contributed by atoms with Crippen LogP contribution in [0.1, 0.15) is 0 Å². The molecule has 0 bridgehead atoms. The molecule has 1 saturated heterocycles. The van der Waals surface area contributed by atoms with Gasteiger partial charge in [-0.25, -0.2) is 9.97 Å². The summed E-state index contributed by atoms with van der Waals surface area (Å²) in [4.78, 5) is 24.2. The lowest BCUT2D eigenvalue weighted by atomic mass is 10.3. The van der Waals surface area contributed by atoms with E-state index in [1.807, 2.05) is 16.3 Å². The molecule has 0 unspecified atom stereocenters. The van der Waals surface area contributed by atoms with Crippen molar-refractivity contribution in [2.45, 2.75) is 0 Å². The summed E-state index contributed by atoms with van der Waals surface area (Å²) in [5.74, 6) is 0.981. The highest BCUT2D eigenvalue weighted by atomic mass is 32.1. The molecule has 3 rings (SSSR count). The number of nitrogens with zero attached hydrogens (tertiary/aromatic N) is 4. The third-order valence-electron chi connectivity index (χ3n) is 3.29. The molecule has 19 heavy (non-hydrogen) atoms. The molecule has 1 aliphatic rings. The second-order valence-corrected chi connectivity index (χ2v) is 5.26. The maximum absolute atomic E-state index is 11.5. The Morgan fingerprint density at radius 2 is 2.11 bits per heavy atom. The maximum Gasteiger partial charge on any atom is 0.246 e. The van der Waals surface area contributed by atoms with Gasteiger partial charge in [-0.05, 0) is 17.5 Å². The molecule has 0 saturated carbocycles. The zero-order chi connectivity index (χ0) is 13.2. The van der Waals surface area contributed by atoms with Gasteiger partial charge < -0.3 is 9.80 Å². The van der Waals surface area contributed by atoms with Gasteiger partial charge in [0, 0.05) is 26.2 Å². The minimum Gasteiger partial charge on any atom is -0.352 e. The molecule has 3 heterocycles. The average Bonchev–Trinajstić information content (AvgIpc) is 2.95. The summed E-state index contributed by atoms with van der Waals surface area (Å²) in [5, 5.41) is 2.03. The molecule has 0 radical (unpaired) electrons. The molecule has 1 fully saturated rings. The molecule has 5 nitrogen and oxygen atoms in total. The number of fused-ring (bicyclic) bond motifs is 1. The molecular weight excluding hydrogens is 260 g/mol. The molecule has 98 valence electrons. The van der Waals surface area contributed by atoms with E-state index in [1.165, 1.54) is 6.08 Å². The van der Waals surface area contributed by atoms with Gasteiger partial charge in [-0.1, -0.05) is 6.58 Å². The third-order valence-corrected chi connectivity index (χ3v) is 4.19. The van der Waals surface area contributed by atoms with Gasteiger partial charge in [0.15, 0.2) is 0 Å². The molecule has 2 aromatic rings. The van der Waals surface area contributed by atoms with Crippen LogP contribution in [0.25, 0.3) is 10.2 Å². The van der Waals surface area contributed by atoms with Crippen LogP contribution in [0, 0.1) is 0 Å². The number of hydrogen-bond donors (Lipinski definition) is 0. The minimum absolute atomic E-state index is 0.00334. The van der Waals surface area contributed by atoms with Crippen LogP contribution in [0.5, 0.6) is 0 Å². The van der Waals surface area contributed by atoms with E-state index in [0.29, 0.717) is 13.1 Å². The van der Waals surface area contributed by atoms with Crippen LogP contribution in [0.3, 0.4) is 0 Å². The third kappa shape index (κ3) is 2.19. The van der Waals surface area contributed by atoms with Crippen LogP contribution in [0.15, 0.2) is 30.4 Å². The fourth-order valence-corrected chi connectivity index (χ4v) is 3.13. The average molecular weight is 274 g/mol. The molecule has 1 amide bonds. The second kappa shape index (κ2) is 4.97. The lowest BCUT2D eigenvalue weighted by Gasteiger charge is -2.34. The highest BCUT2D eigenvalue weighted by Crippen LogP contribution is 2.28. The zero-order valence-electron chi connectivity index (χ0n) is 10.5. The number of amides is 1. The number of carbonyl (C=O) groups excluding carboxylic acids is 1.